The molecule has 16 heavy (non-hydrogen) atoms. The van der Waals surface area contributed by atoms with Gasteiger partial charge in [-0.2, -0.15) is 5.10 Å². The van der Waals surface area contributed by atoms with Crippen LogP contribution in [0.25, 0.3) is 0 Å². The Hall–Kier alpha value is -1.16. The Morgan fingerprint density at radius 3 is 2.81 bits per heavy atom. The van der Waals surface area contributed by atoms with Gasteiger partial charge in [-0.1, -0.05) is 6.92 Å². The van der Waals surface area contributed by atoms with Crippen LogP contribution in [0.4, 0.5) is 0 Å². The summed E-state index contributed by atoms with van der Waals surface area (Å²) in [7, 11) is 1.70. The first kappa shape index (κ1) is 12.9. The molecule has 0 bridgehead atoms. The summed E-state index contributed by atoms with van der Waals surface area (Å²) >= 11 is 0. The Morgan fingerprint density at radius 2 is 2.25 bits per heavy atom. The lowest BCUT2D eigenvalue weighted by Crippen LogP contribution is -2.24. The molecular weight excluding hydrogens is 204 g/mol. The van der Waals surface area contributed by atoms with Crippen molar-refractivity contribution < 1.29 is 9.53 Å². The molecule has 1 rings (SSSR count). The molecule has 0 aliphatic heterocycles. The van der Waals surface area contributed by atoms with E-state index in [1.807, 2.05) is 20.8 Å². The fourth-order valence-electron chi connectivity index (χ4n) is 1.32. The van der Waals surface area contributed by atoms with Crippen molar-refractivity contribution in [3.63, 3.8) is 0 Å². The Balaban J connectivity index is 2.56. The quantitative estimate of drug-likeness (QED) is 0.696. The van der Waals surface area contributed by atoms with Gasteiger partial charge >= 0.3 is 0 Å². The number of aryl methyl sites for hydroxylation is 1. The molecule has 0 fully saturated rings. The van der Waals surface area contributed by atoms with Gasteiger partial charge in [-0.3, -0.25) is 9.48 Å². The predicted octanol–water partition coefficient (Wildman–Crippen LogP) is 2.29. The Kier molecular flexibility index (Phi) is 4.24. The van der Waals surface area contributed by atoms with Gasteiger partial charge in [0.1, 0.15) is 0 Å². The van der Waals surface area contributed by atoms with E-state index >= 15 is 0 Å². The second-order valence-electron chi connectivity index (χ2n) is 4.48. The molecule has 0 aromatic carbocycles. The van der Waals surface area contributed by atoms with Crippen molar-refractivity contribution in [1.82, 2.24) is 9.78 Å². The number of carbonyl (C=O) groups excluding carboxylic acids is 1. The molecule has 0 radical (unpaired) electrons. The summed E-state index contributed by atoms with van der Waals surface area (Å²) in [5, 5.41) is 4.16. The number of nitrogens with zero attached hydrogens (tertiary/aromatic N) is 2. The Labute approximate surface area is 96.6 Å². The van der Waals surface area contributed by atoms with E-state index in [2.05, 4.69) is 5.10 Å². The number of hydrogen-bond donors (Lipinski definition) is 0. The van der Waals surface area contributed by atoms with Gasteiger partial charge in [0.25, 0.3) is 0 Å². The first-order chi connectivity index (χ1) is 7.48. The van der Waals surface area contributed by atoms with Gasteiger partial charge in [-0.15, -0.1) is 0 Å². The highest BCUT2D eigenvalue weighted by atomic mass is 16.5. The topological polar surface area (TPSA) is 44.1 Å². The number of Topliss-reactive ketones (excluding diaryl/α,β-unsaturated/α-hetero) is 1. The van der Waals surface area contributed by atoms with Gasteiger partial charge in [0.05, 0.1) is 17.4 Å². The number of hydrogen-bond acceptors (Lipinski definition) is 3. The molecule has 0 spiro atoms. The van der Waals surface area contributed by atoms with Gasteiger partial charge in [-0.25, -0.2) is 0 Å². The average molecular weight is 224 g/mol. The van der Waals surface area contributed by atoms with Crippen LogP contribution < -0.4 is 0 Å². The minimum absolute atomic E-state index is 0.136. The molecule has 0 amide bonds. The first-order valence-corrected chi connectivity index (χ1v) is 5.59. The van der Waals surface area contributed by atoms with Crippen LogP contribution in [0.5, 0.6) is 0 Å². The number of aromatic nitrogens is 2. The number of ketones is 1. The van der Waals surface area contributed by atoms with Gasteiger partial charge in [0.15, 0.2) is 5.78 Å². The van der Waals surface area contributed by atoms with Gasteiger partial charge in [0, 0.05) is 26.3 Å². The third kappa shape index (κ3) is 3.45. The average Bonchev–Trinajstić information content (AvgIpc) is 2.74. The van der Waals surface area contributed by atoms with E-state index in [4.69, 9.17) is 4.74 Å². The summed E-state index contributed by atoms with van der Waals surface area (Å²) in [5.41, 5.74) is 0.540. The van der Waals surface area contributed by atoms with E-state index in [0.717, 1.165) is 13.0 Å². The minimum Gasteiger partial charge on any atom is -0.379 e. The van der Waals surface area contributed by atoms with E-state index in [-0.39, 0.29) is 11.4 Å². The second kappa shape index (κ2) is 5.25. The molecule has 1 aromatic rings. The summed E-state index contributed by atoms with van der Waals surface area (Å²) in [6.45, 7) is 6.69. The van der Waals surface area contributed by atoms with Crippen LogP contribution in [0.3, 0.4) is 0 Å². The van der Waals surface area contributed by atoms with Crippen molar-refractivity contribution in [3.05, 3.63) is 18.0 Å². The molecule has 90 valence electrons. The lowest BCUT2D eigenvalue weighted by molar-refractivity contribution is 0.0113. The standard InChI is InChI=1S/C12H20N2O2/c1-5-11(15)10-8-13-14(9-10)7-6-12(2,3)16-4/h8-9H,5-7H2,1-4H3. The maximum Gasteiger partial charge on any atom is 0.165 e. The summed E-state index contributed by atoms with van der Waals surface area (Å²) in [6, 6.07) is 0. The highest BCUT2D eigenvalue weighted by molar-refractivity contribution is 5.95. The van der Waals surface area contributed by atoms with Crippen LogP contribution in [-0.4, -0.2) is 28.3 Å². The molecule has 0 N–H and O–H groups in total. The molecule has 0 unspecified atom stereocenters. The molecule has 0 aliphatic rings. The monoisotopic (exact) mass is 224 g/mol. The third-order valence-corrected chi connectivity index (χ3v) is 2.77. The van der Waals surface area contributed by atoms with E-state index < -0.39 is 0 Å². The van der Waals surface area contributed by atoms with Crippen molar-refractivity contribution >= 4 is 5.78 Å². The minimum atomic E-state index is -0.152. The second-order valence-corrected chi connectivity index (χ2v) is 4.48. The van der Waals surface area contributed by atoms with Gasteiger partial charge in [0.2, 0.25) is 0 Å². The lowest BCUT2D eigenvalue weighted by atomic mass is 10.1. The zero-order valence-electron chi connectivity index (χ0n) is 10.5. The van der Waals surface area contributed by atoms with Crippen molar-refractivity contribution in [3.8, 4) is 0 Å². The van der Waals surface area contributed by atoms with Crippen molar-refractivity contribution in [2.24, 2.45) is 0 Å². The number of methoxy groups -OCH3 is 1. The zero-order chi connectivity index (χ0) is 12.2. The lowest BCUT2D eigenvalue weighted by Gasteiger charge is -2.22. The van der Waals surface area contributed by atoms with Crippen LogP contribution in [0.15, 0.2) is 12.4 Å². The summed E-state index contributed by atoms with van der Waals surface area (Å²) in [4.78, 5) is 11.4. The SMILES string of the molecule is CCC(=O)c1cnn(CCC(C)(C)OC)c1. The van der Waals surface area contributed by atoms with Crippen LogP contribution in [-0.2, 0) is 11.3 Å². The van der Waals surface area contributed by atoms with Crippen LogP contribution in [0.2, 0.25) is 0 Å². The maximum atomic E-state index is 11.4. The molecule has 4 nitrogen and oxygen atoms in total. The van der Waals surface area contributed by atoms with E-state index in [1.165, 1.54) is 0 Å². The zero-order valence-corrected chi connectivity index (χ0v) is 10.5. The molecule has 0 saturated carbocycles. The van der Waals surface area contributed by atoms with E-state index in [9.17, 15) is 4.79 Å². The number of rotatable bonds is 6. The normalized spacial score (nSPS) is 11.8. The van der Waals surface area contributed by atoms with Crippen molar-refractivity contribution in [2.75, 3.05) is 7.11 Å². The summed E-state index contributed by atoms with van der Waals surface area (Å²) in [6.07, 6.45) is 4.82. The summed E-state index contributed by atoms with van der Waals surface area (Å²) in [5.74, 6) is 0.136. The van der Waals surface area contributed by atoms with Crippen LogP contribution >= 0.6 is 0 Å². The maximum absolute atomic E-state index is 11.4. The Bertz CT molecular complexity index is 356. The predicted molar refractivity (Wildman–Crippen MR) is 62.6 cm³/mol. The van der Waals surface area contributed by atoms with Crippen molar-refractivity contribution in [1.29, 1.82) is 0 Å². The van der Waals surface area contributed by atoms with Gasteiger partial charge in [-0.05, 0) is 20.3 Å². The van der Waals surface area contributed by atoms with Gasteiger partial charge < -0.3 is 4.74 Å². The summed E-state index contributed by atoms with van der Waals surface area (Å²) < 4.78 is 7.12. The molecule has 0 atom stereocenters. The molecule has 0 saturated heterocycles. The fourth-order valence-corrected chi connectivity index (χ4v) is 1.32. The number of carbonyl (C=O) groups is 1. The molecule has 0 aliphatic carbocycles. The molecule has 4 heteroatoms. The van der Waals surface area contributed by atoms with E-state index in [0.29, 0.717) is 12.0 Å². The Morgan fingerprint density at radius 1 is 1.56 bits per heavy atom. The van der Waals surface area contributed by atoms with E-state index in [1.54, 1.807) is 24.2 Å². The highest BCUT2D eigenvalue weighted by Crippen LogP contribution is 2.14. The largest absolute Gasteiger partial charge is 0.379 e. The van der Waals surface area contributed by atoms with Crippen LogP contribution in [0.1, 0.15) is 44.0 Å². The fraction of sp³-hybridized carbons (Fsp3) is 0.667. The van der Waals surface area contributed by atoms with Crippen LogP contribution in [0, 0.1) is 0 Å². The highest BCUT2D eigenvalue weighted by Gasteiger charge is 2.16. The number of ether oxygens (including phenoxy) is 1. The smallest absolute Gasteiger partial charge is 0.165 e. The molecular formula is C12H20N2O2. The van der Waals surface area contributed by atoms with Crippen molar-refractivity contribution in [2.45, 2.75) is 45.8 Å². The molecule has 1 heterocycles. The third-order valence-electron chi connectivity index (χ3n) is 2.77. The molecule has 1 aromatic heterocycles. The first-order valence-electron chi connectivity index (χ1n) is 5.59.